The van der Waals surface area contributed by atoms with Gasteiger partial charge in [-0.25, -0.2) is 12.8 Å². The number of rotatable bonds is 7. The van der Waals surface area contributed by atoms with E-state index in [-0.39, 0.29) is 36.9 Å². The van der Waals surface area contributed by atoms with Crippen molar-refractivity contribution in [3.05, 3.63) is 35.6 Å². The third-order valence-electron chi connectivity index (χ3n) is 3.48. The zero-order chi connectivity index (χ0) is 14.5. The van der Waals surface area contributed by atoms with Crippen LogP contribution in [0.25, 0.3) is 0 Å². The van der Waals surface area contributed by atoms with Crippen molar-refractivity contribution in [2.24, 2.45) is 5.73 Å². The number of aliphatic hydroxyl groups excluding tert-OH is 1. The van der Waals surface area contributed by atoms with Crippen LogP contribution in [-0.4, -0.2) is 38.2 Å². The van der Waals surface area contributed by atoms with Gasteiger partial charge in [-0.2, -0.15) is 0 Å². The Balaban J connectivity index is 3.00. The fraction of sp³-hybridized carbons (Fsp3) is 0.538. The lowest BCUT2D eigenvalue weighted by atomic mass is 9.79. The second kappa shape index (κ2) is 6.45. The normalized spacial score (nSPS) is 15.2. The van der Waals surface area contributed by atoms with Gasteiger partial charge < -0.3 is 10.8 Å². The lowest BCUT2D eigenvalue weighted by Crippen LogP contribution is -2.40. The highest BCUT2D eigenvalue weighted by Gasteiger charge is 2.31. The van der Waals surface area contributed by atoms with Crippen molar-refractivity contribution in [3.63, 3.8) is 0 Å². The van der Waals surface area contributed by atoms with Crippen molar-refractivity contribution < 1.29 is 17.9 Å². The van der Waals surface area contributed by atoms with E-state index in [0.717, 1.165) is 0 Å². The van der Waals surface area contributed by atoms with Gasteiger partial charge in [0, 0.05) is 17.7 Å². The average Bonchev–Trinajstić information content (AvgIpc) is 2.42. The van der Waals surface area contributed by atoms with E-state index in [9.17, 15) is 17.9 Å². The van der Waals surface area contributed by atoms with E-state index in [0.29, 0.717) is 5.56 Å². The zero-order valence-corrected chi connectivity index (χ0v) is 11.8. The summed E-state index contributed by atoms with van der Waals surface area (Å²) in [4.78, 5) is 0. The highest BCUT2D eigenvalue weighted by Crippen LogP contribution is 2.27. The minimum atomic E-state index is -3.13. The predicted molar refractivity (Wildman–Crippen MR) is 73.2 cm³/mol. The third-order valence-corrected chi connectivity index (χ3v) is 5.19. The van der Waals surface area contributed by atoms with Crippen molar-refractivity contribution in [1.29, 1.82) is 0 Å². The molecule has 6 heteroatoms. The van der Waals surface area contributed by atoms with Crippen LogP contribution >= 0.6 is 0 Å². The van der Waals surface area contributed by atoms with E-state index in [1.165, 1.54) is 24.3 Å². The smallest absolute Gasteiger partial charge is 0.150 e. The first-order chi connectivity index (χ1) is 8.89. The Bertz CT molecular complexity index is 495. The number of nitrogens with two attached hydrogens (primary N) is 1. The SMILES string of the molecule is CCS(=O)(=O)CCC(CN)(CO)c1ccc(F)cc1. The van der Waals surface area contributed by atoms with Gasteiger partial charge in [0.05, 0.1) is 12.4 Å². The van der Waals surface area contributed by atoms with Crippen LogP contribution in [0.3, 0.4) is 0 Å². The number of benzene rings is 1. The molecule has 0 aromatic heterocycles. The van der Waals surface area contributed by atoms with E-state index in [2.05, 4.69) is 0 Å². The molecule has 0 amide bonds. The van der Waals surface area contributed by atoms with Gasteiger partial charge in [0.2, 0.25) is 0 Å². The summed E-state index contributed by atoms with van der Waals surface area (Å²) in [5, 5.41) is 9.60. The van der Waals surface area contributed by atoms with E-state index < -0.39 is 15.3 Å². The summed E-state index contributed by atoms with van der Waals surface area (Å²) in [6, 6.07) is 5.64. The van der Waals surface area contributed by atoms with Gasteiger partial charge in [-0.3, -0.25) is 0 Å². The van der Waals surface area contributed by atoms with E-state index in [1.807, 2.05) is 0 Å². The number of hydrogen-bond donors (Lipinski definition) is 2. The van der Waals surface area contributed by atoms with Crippen molar-refractivity contribution in [2.75, 3.05) is 24.7 Å². The molecule has 0 bridgehead atoms. The highest BCUT2D eigenvalue weighted by atomic mass is 32.2. The molecule has 3 N–H and O–H groups in total. The molecule has 1 rings (SSSR count). The average molecular weight is 289 g/mol. The topological polar surface area (TPSA) is 80.4 Å². The lowest BCUT2D eigenvalue weighted by Gasteiger charge is -2.31. The minimum Gasteiger partial charge on any atom is -0.395 e. The van der Waals surface area contributed by atoms with E-state index in [1.54, 1.807) is 6.92 Å². The number of aliphatic hydroxyl groups is 1. The van der Waals surface area contributed by atoms with Gasteiger partial charge >= 0.3 is 0 Å². The summed E-state index contributed by atoms with van der Waals surface area (Å²) in [6.45, 7) is 1.42. The Hall–Kier alpha value is -0.980. The molecular formula is C13H20FNO3S. The van der Waals surface area contributed by atoms with Crippen molar-refractivity contribution >= 4 is 9.84 Å². The maximum absolute atomic E-state index is 12.9. The predicted octanol–water partition coefficient (Wildman–Crippen LogP) is 0.839. The molecule has 1 unspecified atom stereocenters. The summed E-state index contributed by atoms with van der Waals surface area (Å²) in [5.74, 6) is -0.366. The summed E-state index contributed by atoms with van der Waals surface area (Å²) in [7, 11) is -3.13. The standard InChI is InChI=1S/C13H20FNO3S/c1-2-19(17,18)8-7-13(9-15,10-16)11-3-5-12(14)6-4-11/h3-6,16H,2,7-10,15H2,1H3. The minimum absolute atomic E-state index is 0.0430. The maximum Gasteiger partial charge on any atom is 0.150 e. The lowest BCUT2D eigenvalue weighted by molar-refractivity contribution is 0.193. The number of halogens is 1. The first-order valence-electron chi connectivity index (χ1n) is 6.16. The summed E-state index contributed by atoms with van der Waals surface area (Å²) >= 11 is 0. The summed E-state index contributed by atoms with van der Waals surface area (Å²) in [6.07, 6.45) is 0.224. The van der Waals surface area contributed by atoms with Crippen LogP contribution in [0.15, 0.2) is 24.3 Å². The van der Waals surface area contributed by atoms with Crippen molar-refractivity contribution in [2.45, 2.75) is 18.8 Å². The monoisotopic (exact) mass is 289 g/mol. The zero-order valence-electron chi connectivity index (χ0n) is 11.0. The van der Waals surface area contributed by atoms with Crippen LogP contribution in [0.4, 0.5) is 4.39 Å². The summed E-state index contributed by atoms with van der Waals surface area (Å²) < 4.78 is 36.1. The van der Waals surface area contributed by atoms with Crippen LogP contribution in [0.5, 0.6) is 0 Å². The van der Waals surface area contributed by atoms with Gasteiger partial charge in [-0.15, -0.1) is 0 Å². The first kappa shape index (κ1) is 16.1. The quantitative estimate of drug-likeness (QED) is 0.779. The fourth-order valence-corrected chi connectivity index (χ4v) is 2.89. The molecule has 0 fully saturated rings. The Morgan fingerprint density at radius 1 is 1.32 bits per heavy atom. The maximum atomic E-state index is 12.9. The summed E-state index contributed by atoms with van der Waals surface area (Å²) in [5.41, 5.74) is 5.53. The molecule has 0 aliphatic heterocycles. The van der Waals surface area contributed by atoms with Gasteiger partial charge in [0.25, 0.3) is 0 Å². The molecule has 108 valence electrons. The first-order valence-corrected chi connectivity index (χ1v) is 7.98. The van der Waals surface area contributed by atoms with Crippen LogP contribution in [0.1, 0.15) is 18.9 Å². The molecule has 1 aromatic rings. The molecule has 1 atom stereocenters. The van der Waals surface area contributed by atoms with Gasteiger partial charge in [0.1, 0.15) is 15.7 Å². The van der Waals surface area contributed by atoms with Gasteiger partial charge in [0.15, 0.2) is 0 Å². The molecule has 1 aromatic carbocycles. The molecule has 0 spiro atoms. The van der Waals surface area contributed by atoms with Gasteiger partial charge in [-0.05, 0) is 24.1 Å². The molecular weight excluding hydrogens is 269 g/mol. The second-order valence-corrected chi connectivity index (χ2v) is 7.11. The molecule has 19 heavy (non-hydrogen) atoms. The molecule has 0 heterocycles. The molecule has 4 nitrogen and oxygen atoms in total. The number of sulfone groups is 1. The van der Waals surface area contributed by atoms with Crippen molar-refractivity contribution in [3.8, 4) is 0 Å². The Kier molecular flexibility index (Phi) is 5.46. The molecule has 0 saturated carbocycles. The Morgan fingerprint density at radius 3 is 2.32 bits per heavy atom. The molecule has 0 radical (unpaired) electrons. The second-order valence-electron chi connectivity index (χ2n) is 4.64. The third kappa shape index (κ3) is 3.99. The number of hydrogen-bond acceptors (Lipinski definition) is 4. The van der Waals surface area contributed by atoms with E-state index in [4.69, 9.17) is 5.73 Å². The molecule has 0 aliphatic rings. The van der Waals surface area contributed by atoms with Crippen LogP contribution < -0.4 is 5.73 Å². The van der Waals surface area contributed by atoms with Crippen LogP contribution in [0.2, 0.25) is 0 Å². The van der Waals surface area contributed by atoms with Gasteiger partial charge in [-0.1, -0.05) is 19.1 Å². The highest BCUT2D eigenvalue weighted by molar-refractivity contribution is 7.91. The van der Waals surface area contributed by atoms with E-state index >= 15 is 0 Å². The fourth-order valence-electron chi connectivity index (χ4n) is 1.90. The molecule has 0 aliphatic carbocycles. The van der Waals surface area contributed by atoms with Crippen LogP contribution in [-0.2, 0) is 15.3 Å². The largest absolute Gasteiger partial charge is 0.395 e. The molecule has 0 saturated heterocycles. The Labute approximate surface area is 113 Å². The van der Waals surface area contributed by atoms with Crippen molar-refractivity contribution in [1.82, 2.24) is 0 Å². The Morgan fingerprint density at radius 2 is 1.89 bits per heavy atom. The van der Waals surface area contributed by atoms with Crippen LogP contribution in [0, 0.1) is 5.82 Å².